The van der Waals surface area contributed by atoms with Crippen LogP contribution in [0.15, 0.2) is 0 Å². The minimum Gasteiger partial charge on any atom is -0.397 e. The molecule has 0 aromatic heterocycles. The van der Waals surface area contributed by atoms with Crippen molar-refractivity contribution in [1.29, 1.82) is 0 Å². The Morgan fingerprint density at radius 1 is 0.789 bits per heavy atom. The Hall–Kier alpha value is -1.58. The van der Waals surface area contributed by atoms with Gasteiger partial charge in [0.1, 0.15) is 0 Å². The maximum absolute atomic E-state index is 6.26. The van der Waals surface area contributed by atoms with E-state index in [-0.39, 0.29) is 5.41 Å². The summed E-state index contributed by atoms with van der Waals surface area (Å²) in [6.07, 6.45) is 3.67. The lowest BCUT2D eigenvalue weighted by Crippen LogP contribution is -2.25. The van der Waals surface area contributed by atoms with Crippen molar-refractivity contribution in [2.75, 3.05) is 22.9 Å². The minimum absolute atomic E-state index is 0.0822. The van der Waals surface area contributed by atoms with Gasteiger partial charge in [0.2, 0.25) is 0 Å². The quantitative estimate of drug-likeness (QED) is 0.613. The molecule has 0 atom stereocenters. The lowest BCUT2D eigenvalue weighted by atomic mass is 9.75. The molecule has 0 aliphatic rings. The average Bonchev–Trinajstić information content (AvgIpc) is 2.41. The standard InChI is InChI=1S/C15H28N4/c1-5-8-9-11(16)13(18)10(14(19)12(9)17)15(4,6-2)7-3/h5-8,16-19H2,1-4H3. The molecule has 8 N–H and O–H groups in total. The van der Waals surface area contributed by atoms with Gasteiger partial charge in [-0.1, -0.05) is 34.1 Å². The van der Waals surface area contributed by atoms with Gasteiger partial charge in [-0.25, -0.2) is 0 Å². The zero-order valence-corrected chi connectivity index (χ0v) is 12.6. The van der Waals surface area contributed by atoms with Crippen LogP contribution in [0.5, 0.6) is 0 Å². The molecule has 19 heavy (non-hydrogen) atoms. The van der Waals surface area contributed by atoms with Gasteiger partial charge >= 0.3 is 0 Å². The predicted molar refractivity (Wildman–Crippen MR) is 86.0 cm³/mol. The summed E-state index contributed by atoms with van der Waals surface area (Å²) in [5.41, 5.74) is 29.1. The van der Waals surface area contributed by atoms with E-state index in [0.717, 1.165) is 36.8 Å². The molecule has 0 fully saturated rings. The van der Waals surface area contributed by atoms with Crippen LogP contribution in [0.4, 0.5) is 22.7 Å². The highest BCUT2D eigenvalue weighted by Crippen LogP contribution is 2.45. The van der Waals surface area contributed by atoms with E-state index in [0.29, 0.717) is 22.7 Å². The molecular formula is C15H28N4. The first-order valence-corrected chi connectivity index (χ1v) is 7.09. The van der Waals surface area contributed by atoms with Crippen LogP contribution in [-0.4, -0.2) is 0 Å². The van der Waals surface area contributed by atoms with Crippen molar-refractivity contribution in [3.63, 3.8) is 0 Å². The molecule has 0 radical (unpaired) electrons. The fourth-order valence-corrected chi connectivity index (χ4v) is 2.66. The van der Waals surface area contributed by atoms with Crippen molar-refractivity contribution in [2.24, 2.45) is 0 Å². The number of benzene rings is 1. The summed E-state index contributed by atoms with van der Waals surface area (Å²) in [5.74, 6) is 0. The van der Waals surface area contributed by atoms with Crippen LogP contribution in [0.25, 0.3) is 0 Å². The van der Waals surface area contributed by atoms with E-state index >= 15 is 0 Å². The minimum atomic E-state index is -0.0822. The van der Waals surface area contributed by atoms with Crippen molar-refractivity contribution in [2.45, 2.75) is 58.8 Å². The molecule has 4 nitrogen and oxygen atoms in total. The zero-order valence-electron chi connectivity index (χ0n) is 12.6. The lowest BCUT2D eigenvalue weighted by molar-refractivity contribution is 0.442. The molecule has 1 rings (SSSR count). The Balaban J connectivity index is 3.61. The topological polar surface area (TPSA) is 104 Å². The summed E-state index contributed by atoms with van der Waals surface area (Å²) in [4.78, 5) is 0. The van der Waals surface area contributed by atoms with Gasteiger partial charge in [0, 0.05) is 11.1 Å². The number of hydrogen-bond donors (Lipinski definition) is 4. The first kappa shape index (κ1) is 15.5. The van der Waals surface area contributed by atoms with E-state index in [4.69, 9.17) is 22.9 Å². The van der Waals surface area contributed by atoms with Crippen LogP contribution in [0.3, 0.4) is 0 Å². The van der Waals surface area contributed by atoms with E-state index < -0.39 is 0 Å². The summed E-state index contributed by atoms with van der Waals surface area (Å²) in [6.45, 7) is 8.51. The summed E-state index contributed by atoms with van der Waals surface area (Å²) in [6, 6.07) is 0. The first-order chi connectivity index (χ1) is 8.83. The molecule has 1 aromatic rings. The van der Waals surface area contributed by atoms with Gasteiger partial charge < -0.3 is 22.9 Å². The van der Waals surface area contributed by atoms with Crippen LogP contribution in [0.2, 0.25) is 0 Å². The highest BCUT2D eigenvalue weighted by atomic mass is 14.8. The largest absolute Gasteiger partial charge is 0.397 e. The SMILES string of the molecule is CCCc1c(N)c(N)c(C(C)(CC)CC)c(N)c1N. The second-order valence-corrected chi connectivity index (χ2v) is 5.53. The van der Waals surface area contributed by atoms with Gasteiger partial charge in [-0.2, -0.15) is 0 Å². The summed E-state index contributed by atoms with van der Waals surface area (Å²) in [5, 5.41) is 0. The van der Waals surface area contributed by atoms with Crippen LogP contribution in [-0.2, 0) is 11.8 Å². The molecule has 0 unspecified atom stereocenters. The number of hydrogen-bond acceptors (Lipinski definition) is 4. The Morgan fingerprint density at radius 3 is 1.53 bits per heavy atom. The van der Waals surface area contributed by atoms with Gasteiger partial charge in [-0.15, -0.1) is 0 Å². The van der Waals surface area contributed by atoms with Gasteiger partial charge in [0.25, 0.3) is 0 Å². The van der Waals surface area contributed by atoms with E-state index in [1.807, 2.05) is 0 Å². The van der Waals surface area contributed by atoms with Gasteiger partial charge in [-0.05, 0) is 24.7 Å². The Labute approximate surface area is 116 Å². The van der Waals surface area contributed by atoms with Crippen LogP contribution in [0, 0.1) is 0 Å². The molecule has 4 heteroatoms. The van der Waals surface area contributed by atoms with Crippen LogP contribution < -0.4 is 22.9 Å². The molecule has 1 aromatic carbocycles. The van der Waals surface area contributed by atoms with E-state index in [1.54, 1.807) is 0 Å². The van der Waals surface area contributed by atoms with Gasteiger partial charge in [0.05, 0.1) is 22.7 Å². The lowest BCUT2D eigenvalue weighted by Gasteiger charge is -2.32. The number of nitrogens with two attached hydrogens (primary N) is 4. The van der Waals surface area contributed by atoms with Crippen molar-refractivity contribution < 1.29 is 0 Å². The number of nitrogen functional groups attached to an aromatic ring is 4. The summed E-state index contributed by atoms with van der Waals surface area (Å²) < 4.78 is 0. The molecule has 0 amide bonds. The molecule has 0 aliphatic heterocycles. The molecule has 0 heterocycles. The molecule has 0 spiro atoms. The third-order valence-corrected chi connectivity index (χ3v) is 4.43. The molecule has 0 bridgehead atoms. The second kappa shape index (κ2) is 5.59. The van der Waals surface area contributed by atoms with Crippen molar-refractivity contribution in [1.82, 2.24) is 0 Å². The smallest absolute Gasteiger partial charge is 0.0611 e. The molecular weight excluding hydrogens is 236 g/mol. The fraction of sp³-hybridized carbons (Fsp3) is 0.600. The van der Waals surface area contributed by atoms with Gasteiger partial charge in [0.15, 0.2) is 0 Å². The summed E-state index contributed by atoms with van der Waals surface area (Å²) >= 11 is 0. The first-order valence-electron chi connectivity index (χ1n) is 7.09. The Bertz CT molecular complexity index is 433. The third-order valence-electron chi connectivity index (χ3n) is 4.43. The normalized spacial score (nSPS) is 11.8. The molecule has 108 valence electrons. The van der Waals surface area contributed by atoms with E-state index in [2.05, 4.69) is 27.7 Å². The Morgan fingerprint density at radius 2 is 1.21 bits per heavy atom. The summed E-state index contributed by atoms with van der Waals surface area (Å²) in [7, 11) is 0. The van der Waals surface area contributed by atoms with E-state index in [1.165, 1.54) is 0 Å². The number of anilines is 4. The van der Waals surface area contributed by atoms with Gasteiger partial charge in [-0.3, -0.25) is 0 Å². The predicted octanol–water partition coefficient (Wildman–Crippen LogP) is 3.05. The average molecular weight is 264 g/mol. The zero-order chi connectivity index (χ0) is 14.8. The van der Waals surface area contributed by atoms with E-state index in [9.17, 15) is 0 Å². The third kappa shape index (κ3) is 2.44. The monoisotopic (exact) mass is 264 g/mol. The fourth-order valence-electron chi connectivity index (χ4n) is 2.66. The van der Waals surface area contributed by atoms with Crippen LogP contribution in [0.1, 0.15) is 58.1 Å². The van der Waals surface area contributed by atoms with Crippen molar-refractivity contribution in [3.8, 4) is 0 Å². The highest BCUT2D eigenvalue weighted by molar-refractivity contribution is 5.89. The molecule has 0 saturated heterocycles. The maximum Gasteiger partial charge on any atom is 0.0611 e. The van der Waals surface area contributed by atoms with Crippen molar-refractivity contribution >= 4 is 22.7 Å². The van der Waals surface area contributed by atoms with Crippen molar-refractivity contribution in [3.05, 3.63) is 11.1 Å². The second-order valence-electron chi connectivity index (χ2n) is 5.53. The molecule has 0 saturated carbocycles. The Kier molecular flexibility index (Phi) is 4.56. The highest BCUT2D eigenvalue weighted by Gasteiger charge is 2.30. The maximum atomic E-state index is 6.26. The molecule has 0 aliphatic carbocycles. The number of rotatable bonds is 5. The van der Waals surface area contributed by atoms with Crippen LogP contribution >= 0.6 is 0 Å².